The van der Waals surface area contributed by atoms with Crippen LogP contribution < -0.4 is 15.4 Å². The van der Waals surface area contributed by atoms with E-state index in [1.54, 1.807) is 7.05 Å². The van der Waals surface area contributed by atoms with Crippen LogP contribution in [0.25, 0.3) is 0 Å². The number of benzene rings is 1. The third-order valence-corrected chi connectivity index (χ3v) is 2.60. The summed E-state index contributed by atoms with van der Waals surface area (Å²) in [7, 11) is 1.61. The molecule has 0 spiro atoms. The maximum Gasteiger partial charge on any atom is 0.387 e. The molecule has 0 heterocycles. The van der Waals surface area contributed by atoms with Crippen molar-refractivity contribution in [2.24, 2.45) is 0 Å². The molecule has 0 saturated carbocycles. The fourth-order valence-corrected chi connectivity index (χ4v) is 1.96. The summed E-state index contributed by atoms with van der Waals surface area (Å²) in [4.78, 5) is 11.3. The van der Waals surface area contributed by atoms with Crippen molar-refractivity contribution in [3.05, 3.63) is 27.7 Å². The molecule has 0 fully saturated rings. The Morgan fingerprint density at radius 3 is 2.68 bits per heavy atom. The van der Waals surface area contributed by atoms with Crippen LogP contribution in [0.3, 0.4) is 0 Å². The van der Waals surface area contributed by atoms with Gasteiger partial charge in [0.1, 0.15) is 5.75 Å². The topological polar surface area (TPSA) is 50.4 Å². The molecule has 19 heavy (non-hydrogen) atoms. The summed E-state index contributed by atoms with van der Waals surface area (Å²) in [6.45, 7) is -2.91. The average Bonchev–Trinajstić information content (AvgIpc) is 2.30. The first-order chi connectivity index (χ1) is 8.93. The molecule has 0 aromatic heterocycles. The molecule has 106 valence electrons. The summed E-state index contributed by atoms with van der Waals surface area (Å²) in [6, 6.07) is 2.70. The Morgan fingerprint density at radius 1 is 1.42 bits per heavy atom. The zero-order valence-corrected chi connectivity index (χ0v) is 11.5. The number of likely N-dealkylation sites (N-methyl/N-ethyl adjacent to an activating group) is 1. The van der Waals surface area contributed by atoms with E-state index in [-0.39, 0.29) is 40.4 Å². The average molecular weight is 313 g/mol. The highest BCUT2D eigenvalue weighted by Gasteiger charge is 2.15. The number of ether oxygens (including phenoxy) is 1. The Balaban J connectivity index is 2.88. The second-order valence-electron chi connectivity index (χ2n) is 3.56. The Hall–Kier alpha value is -1.11. The molecular formula is C11H12Cl2F2N2O2. The number of carbonyl (C=O) groups excluding carboxylic acids is 1. The van der Waals surface area contributed by atoms with Crippen molar-refractivity contribution in [3.8, 4) is 5.75 Å². The highest BCUT2D eigenvalue weighted by Crippen LogP contribution is 2.33. The van der Waals surface area contributed by atoms with Crippen molar-refractivity contribution in [2.75, 3.05) is 13.6 Å². The molecule has 0 radical (unpaired) electrons. The molecule has 0 saturated heterocycles. The zero-order valence-electron chi connectivity index (χ0n) is 9.97. The second kappa shape index (κ2) is 7.47. The third-order valence-electron chi connectivity index (χ3n) is 2.11. The zero-order chi connectivity index (χ0) is 14.4. The van der Waals surface area contributed by atoms with E-state index >= 15 is 0 Å². The van der Waals surface area contributed by atoms with Crippen molar-refractivity contribution >= 4 is 29.1 Å². The molecule has 1 aromatic carbocycles. The summed E-state index contributed by atoms with van der Waals surface area (Å²) in [5, 5.41) is 5.41. The highest BCUT2D eigenvalue weighted by atomic mass is 35.5. The van der Waals surface area contributed by atoms with Crippen molar-refractivity contribution in [1.82, 2.24) is 10.6 Å². The lowest BCUT2D eigenvalue weighted by atomic mass is 10.2. The minimum atomic E-state index is -3.01. The van der Waals surface area contributed by atoms with E-state index < -0.39 is 6.61 Å². The van der Waals surface area contributed by atoms with E-state index in [0.29, 0.717) is 0 Å². The summed E-state index contributed by atoms with van der Waals surface area (Å²) in [5.74, 6) is -0.479. The molecule has 0 atom stereocenters. The Morgan fingerprint density at radius 2 is 2.11 bits per heavy atom. The summed E-state index contributed by atoms with van der Waals surface area (Å²) in [5.41, 5.74) is 0.280. The SMILES string of the molecule is CNCC(=O)NCc1cc(Cl)cc(Cl)c1OC(F)F. The normalized spacial score (nSPS) is 10.6. The van der Waals surface area contributed by atoms with E-state index in [1.165, 1.54) is 12.1 Å². The van der Waals surface area contributed by atoms with Gasteiger partial charge in [0.25, 0.3) is 0 Å². The number of nitrogens with one attached hydrogen (secondary N) is 2. The van der Waals surface area contributed by atoms with Crippen LogP contribution in [-0.2, 0) is 11.3 Å². The lowest BCUT2D eigenvalue weighted by Gasteiger charge is -2.13. The van der Waals surface area contributed by atoms with Crippen LogP contribution in [0.4, 0.5) is 8.78 Å². The Bertz CT molecular complexity index is 459. The van der Waals surface area contributed by atoms with Crippen molar-refractivity contribution in [3.63, 3.8) is 0 Å². The summed E-state index contributed by atoms with van der Waals surface area (Å²) >= 11 is 11.6. The van der Waals surface area contributed by atoms with Crippen LogP contribution in [0.2, 0.25) is 10.0 Å². The number of hydrogen-bond donors (Lipinski definition) is 2. The molecule has 0 unspecified atom stereocenters. The first kappa shape index (κ1) is 15.9. The monoisotopic (exact) mass is 312 g/mol. The van der Waals surface area contributed by atoms with Crippen LogP contribution in [-0.4, -0.2) is 26.1 Å². The van der Waals surface area contributed by atoms with E-state index in [9.17, 15) is 13.6 Å². The quantitative estimate of drug-likeness (QED) is 0.848. The number of halogens is 4. The van der Waals surface area contributed by atoms with Gasteiger partial charge in [0.05, 0.1) is 11.6 Å². The standard InChI is InChI=1S/C11H12Cl2F2N2O2/c1-16-5-9(18)17-4-6-2-7(12)3-8(13)10(6)19-11(14)15/h2-3,11,16H,4-5H2,1H3,(H,17,18). The van der Waals surface area contributed by atoms with Crippen LogP contribution in [0.15, 0.2) is 12.1 Å². The largest absolute Gasteiger partial charge is 0.433 e. The van der Waals surface area contributed by atoms with Gasteiger partial charge in [-0.2, -0.15) is 8.78 Å². The van der Waals surface area contributed by atoms with E-state index in [2.05, 4.69) is 15.4 Å². The molecule has 1 aromatic rings. The van der Waals surface area contributed by atoms with Crippen molar-refractivity contribution in [2.45, 2.75) is 13.2 Å². The van der Waals surface area contributed by atoms with Gasteiger partial charge in [-0.05, 0) is 19.2 Å². The molecule has 4 nitrogen and oxygen atoms in total. The number of amides is 1. The lowest BCUT2D eigenvalue weighted by Crippen LogP contribution is -2.31. The summed E-state index contributed by atoms with van der Waals surface area (Å²) < 4.78 is 28.9. The Labute approximate surface area is 119 Å². The van der Waals surface area contributed by atoms with E-state index in [0.717, 1.165) is 0 Å². The minimum Gasteiger partial charge on any atom is -0.433 e. The van der Waals surface area contributed by atoms with Crippen LogP contribution >= 0.6 is 23.2 Å². The van der Waals surface area contributed by atoms with Crippen LogP contribution in [0.1, 0.15) is 5.56 Å². The second-order valence-corrected chi connectivity index (χ2v) is 4.41. The van der Waals surface area contributed by atoms with E-state index in [1.807, 2.05) is 0 Å². The maximum atomic E-state index is 12.3. The fraction of sp³-hybridized carbons (Fsp3) is 0.364. The predicted molar refractivity (Wildman–Crippen MR) is 68.9 cm³/mol. The van der Waals surface area contributed by atoms with Crippen LogP contribution in [0.5, 0.6) is 5.75 Å². The molecule has 1 amide bonds. The van der Waals surface area contributed by atoms with Crippen LogP contribution in [0, 0.1) is 0 Å². The van der Waals surface area contributed by atoms with Gasteiger partial charge in [-0.3, -0.25) is 4.79 Å². The van der Waals surface area contributed by atoms with Gasteiger partial charge in [-0.1, -0.05) is 23.2 Å². The number of alkyl halides is 2. The fourth-order valence-electron chi connectivity index (χ4n) is 1.38. The lowest BCUT2D eigenvalue weighted by molar-refractivity contribution is -0.120. The van der Waals surface area contributed by atoms with Crippen molar-refractivity contribution in [1.29, 1.82) is 0 Å². The molecule has 1 rings (SSSR count). The number of rotatable bonds is 6. The first-order valence-electron chi connectivity index (χ1n) is 5.28. The van der Waals surface area contributed by atoms with Gasteiger partial charge in [0.15, 0.2) is 0 Å². The molecular weight excluding hydrogens is 301 g/mol. The highest BCUT2D eigenvalue weighted by molar-refractivity contribution is 6.35. The van der Waals surface area contributed by atoms with Gasteiger partial charge in [-0.25, -0.2) is 0 Å². The van der Waals surface area contributed by atoms with Gasteiger partial charge in [0, 0.05) is 17.1 Å². The maximum absolute atomic E-state index is 12.3. The van der Waals surface area contributed by atoms with Crippen molar-refractivity contribution < 1.29 is 18.3 Å². The minimum absolute atomic E-state index is 0.0111. The van der Waals surface area contributed by atoms with E-state index in [4.69, 9.17) is 23.2 Å². The third kappa shape index (κ3) is 5.18. The molecule has 0 aliphatic carbocycles. The molecule has 0 aliphatic heterocycles. The molecule has 8 heteroatoms. The Kier molecular flexibility index (Phi) is 6.27. The smallest absolute Gasteiger partial charge is 0.387 e. The van der Waals surface area contributed by atoms with Gasteiger partial charge >= 0.3 is 6.61 Å². The summed E-state index contributed by atoms with van der Waals surface area (Å²) in [6.07, 6.45) is 0. The van der Waals surface area contributed by atoms with Gasteiger partial charge < -0.3 is 15.4 Å². The molecule has 0 bridgehead atoms. The molecule has 2 N–H and O–H groups in total. The number of hydrogen-bond acceptors (Lipinski definition) is 3. The predicted octanol–water partition coefficient (Wildman–Crippen LogP) is 2.43. The van der Waals surface area contributed by atoms with Gasteiger partial charge in [0.2, 0.25) is 5.91 Å². The number of carbonyl (C=O) groups is 1. The first-order valence-corrected chi connectivity index (χ1v) is 6.03. The van der Waals surface area contributed by atoms with Gasteiger partial charge in [-0.15, -0.1) is 0 Å². The molecule has 0 aliphatic rings.